The number of amides is 1. The monoisotopic (exact) mass is 389 g/mol. The van der Waals surface area contributed by atoms with Gasteiger partial charge in [0.2, 0.25) is 0 Å². The van der Waals surface area contributed by atoms with E-state index in [1.54, 1.807) is 0 Å². The van der Waals surface area contributed by atoms with Gasteiger partial charge < -0.3 is 10.1 Å². The first-order valence-electron chi connectivity index (χ1n) is 7.63. The Hall–Kier alpha value is -2.14. The second kappa shape index (κ2) is 8.11. The zero-order chi connectivity index (χ0) is 17.7. The first-order valence-corrected chi connectivity index (χ1v) is 8.42. The van der Waals surface area contributed by atoms with Gasteiger partial charge in [0.25, 0.3) is 5.91 Å². The maximum atomic E-state index is 12.0. The van der Waals surface area contributed by atoms with E-state index in [4.69, 9.17) is 4.74 Å². The molecule has 24 heavy (non-hydrogen) atoms. The van der Waals surface area contributed by atoms with Gasteiger partial charge in [-0.25, -0.2) is 0 Å². The molecule has 0 radical (unpaired) electrons. The molecule has 2 aromatic rings. The topological polar surface area (TPSA) is 55.4 Å². The summed E-state index contributed by atoms with van der Waals surface area (Å²) in [5.74, 6) is -0.765. The van der Waals surface area contributed by atoms with E-state index in [1.165, 1.54) is 0 Å². The van der Waals surface area contributed by atoms with E-state index < -0.39 is 5.97 Å². The number of halogens is 1. The van der Waals surface area contributed by atoms with Crippen molar-refractivity contribution in [2.45, 2.75) is 27.2 Å². The van der Waals surface area contributed by atoms with Gasteiger partial charge in [0.1, 0.15) is 0 Å². The third-order valence-corrected chi connectivity index (χ3v) is 4.10. The van der Waals surface area contributed by atoms with E-state index in [2.05, 4.69) is 21.2 Å². The average molecular weight is 390 g/mol. The van der Waals surface area contributed by atoms with Crippen LogP contribution in [0.15, 0.2) is 40.9 Å². The lowest BCUT2D eigenvalue weighted by Crippen LogP contribution is -2.22. The lowest BCUT2D eigenvalue weighted by molar-refractivity contribution is -0.146. The molecule has 0 aliphatic carbocycles. The summed E-state index contributed by atoms with van der Waals surface area (Å²) in [6.07, 6.45) is 0.142. The van der Waals surface area contributed by atoms with Crippen LogP contribution in [0.1, 0.15) is 22.3 Å². The molecule has 0 fully saturated rings. The summed E-state index contributed by atoms with van der Waals surface area (Å²) < 4.78 is 6.00. The Balaban J connectivity index is 1.87. The molecule has 0 spiro atoms. The van der Waals surface area contributed by atoms with Crippen molar-refractivity contribution < 1.29 is 14.3 Å². The van der Waals surface area contributed by atoms with E-state index in [9.17, 15) is 9.59 Å². The van der Waals surface area contributed by atoms with Crippen LogP contribution in [0.4, 0.5) is 5.69 Å². The van der Waals surface area contributed by atoms with Crippen LogP contribution in [0.25, 0.3) is 0 Å². The van der Waals surface area contributed by atoms with Crippen LogP contribution in [0.5, 0.6) is 0 Å². The van der Waals surface area contributed by atoms with Crippen LogP contribution in [0, 0.1) is 20.8 Å². The number of nitrogens with one attached hydrogen (secondary N) is 1. The highest BCUT2D eigenvalue weighted by Crippen LogP contribution is 2.21. The Morgan fingerprint density at radius 2 is 1.62 bits per heavy atom. The number of carbonyl (C=O) groups excluding carboxylic acids is 2. The predicted molar refractivity (Wildman–Crippen MR) is 98.1 cm³/mol. The summed E-state index contributed by atoms with van der Waals surface area (Å²) in [4.78, 5) is 23.8. The second-order valence-corrected chi connectivity index (χ2v) is 6.70. The van der Waals surface area contributed by atoms with Gasteiger partial charge >= 0.3 is 5.97 Å². The van der Waals surface area contributed by atoms with Gasteiger partial charge in [-0.05, 0) is 49.6 Å². The third kappa shape index (κ3) is 5.20. The fourth-order valence-electron chi connectivity index (χ4n) is 2.52. The van der Waals surface area contributed by atoms with Crippen molar-refractivity contribution in [1.29, 1.82) is 0 Å². The maximum absolute atomic E-state index is 12.0. The predicted octanol–water partition coefficient (Wildman–Crippen LogP) is 4.10. The van der Waals surface area contributed by atoms with Crippen LogP contribution in [-0.4, -0.2) is 18.5 Å². The molecule has 126 valence electrons. The minimum atomic E-state index is -0.426. The minimum Gasteiger partial charge on any atom is -0.455 e. The molecule has 5 heteroatoms. The summed E-state index contributed by atoms with van der Waals surface area (Å²) in [6.45, 7) is 5.60. The van der Waals surface area contributed by atoms with Crippen molar-refractivity contribution in [2.75, 3.05) is 11.9 Å². The number of esters is 1. The molecule has 2 aromatic carbocycles. The van der Waals surface area contributed by atoms with Crippen molar-refractivity contribution >= 4 is 33.5 Å². The summed E-state index contributed by atoms with van der Waals surface area (Å²) in [7, 11) is 0. The van der Waals surface area contributed by atoms with Crippen LogP contribution in [0.2, 0.25) is 0 Å². The molecular weight excluding hydrogens is 370 g/mol. The molecule has 0 unspecified atom stereocenters. The normalized spacial score (nSPS) is 10.3. The van der Waals surface area contributed by atoms with Crippen molar-refractivity contribution in [2.24, 2.45) is 0 Å². The lowest BCUT2D eigenvalue weighted by Gasteiger charge is -2.13. The smallest absolute Gasteiger partial charge is 0.310 e. The molecule has 0 atom stereocenters. The number of hydrogen-bond donors (Lipinski definition) is 1. The number of anilines is 1. The molecule has 2 rings (SSSR count). The molecule has 0 aliphatic rings. The maximum Gasteiger partial charge on any atom is 0.310 e. The first kappa shape index (κ1) is 18.2. The molecule has 0 saturated carbocycles. The van der Waals surface area contributed by atoms with Crippen LogP contribution < -0.4 is 5.32 Å². The quantitative estimate of drug-likeness (QED) is 0.783. The SMILES string of the molecule is Cc1cc(C)c(NC(=O)COC(=O)Cc2ccc(Br)cc2)c(C)c1. The highest BCUT2D eigenvalue weighted by atomic mass is 79.9. The van der Waals surface area contributed by atoms with Crippen LogP contribution >= 0.6 is 15.9 Å². The fourth-order valence-corrected chi connectivity index (χ4v) is 2.78. The number of aryl methyl sites for hydroxylation is 3. The first-order chi connectivity index (χ1) is 11.3. The molecule has 1 amide bonds. The number of carbonyl (C=O) groups is 2. The van der Waals surface area contributed by atoms with Crippen molar-refractivity contribution in [1.82, 2.24) is 0 Å². The number of rotatable bonds is 5. The van der Waals surface area contributed by atoms with Gasteiger partial charge in [-0.1, -0.05) is 45.8 Å². The molecular formula is C19H20BrNO3. The molecule has 0 aromatic heterocycles. The largest absolute Gasteiger partial charge is 0.455 e. The molecule has 0 aliphatic heterocycles. The van der Waals surface area contributed by atoms with Crippen molar-refractivity contribution in [3.05, 3.63) is 63.1 Å². The molecule has 4 nitrogen and oxygen atoms in total. The zero-order valence-corrected chi connectivity index (χ0v) is 15.6. The number of hydrogen-bond acceptors (Lipinski definition) is 3. The van der Waals surface area contributed by atoms with E-state index in [1.807, 2.05) is 57.2 Å². The van der Waals surface area contributed by atoms with E-state index >= 15 is 0 Å². The van der Waals surface area contributed by atoms with E-state index in [-0.39, 0.29) is 18.9 Å². The fraction of sp³-hybridized carbons (Fsp3) is 0.263. The third-order valence-electron chi connectivity index (χ3n) is 3.57. The highest BCUT2D eigenvalue weighted by Gasteiger charge is 2.11. The van der Waals surface area contributed by atoms with E-state index in [0.29, 0.717) is 0 Å². The Morgan fingerprint density at radius 3 is 2.21 bits per heavy atom. The standard InChI is InChI=1S/C19H20BrNO3/c1-12-8-13(2)19(14(3)9-12)21-17(22)11-24-18(23)10-15-4-6-16(20)7-5-15/h4-9H,10-11H2,1-3H3,(H,21,22). The zero-order valence-electron chi connectivity index (χ0n) is 14.0. The summed E-state index contributed by atoms with van der Waals surface area (Å²) in [5, 5.41) is 2.81. The summed E-state index contributed by atoms with van der Waals surface area (Å²) >= 11 is 3.34. The van der Waals surface area contributed by atoms with Gasteiger partial charge in [-0.15, -0.1) is 0 Å². The Labute approximate surface area is 150 Å². The van der Waals surface area contributed by atoms with Gasteiger partial charge in [0.05, 0.1) is 6.42 Å². The minimum absolute atomic E-state index is 0.142. The lowest BCUT2D eigenvalue weighted by atomic mass is 10.1. The average Bonchev–Trinajstić information content (AvgIpc) is 2.51. The molecule has 0 bridgehead atoms. The van der Waals surface area contributed by atoms with Crippen LogP contribution in [0.3, 0.4) is 0 Å². The van der Waals surface area contributed by atoms with Crippen molar-refractivity contribution in [3.8, 4) is 0 Å². The molecule has 1 N–H and O–H groups in total. The molecule has 0 saturated heterocycles. The van der Waals surface area contributed by atoms with E-state index in [0.717, 1.165) is 32.4 Å². The number of ether oxygens (including phenoxy) is 1. The van der Waals surface area contributed by atoms with Gasteiger partial charge in [0.15, 0.2) is 6.61 Å². The Morgan fingerprint density at radius 1 is 1.04 bits per heavy atom. The molecule has 0 heterocycles. The summed E-state index contributed by atoms with van der Waals surface area (Å²) in [6, 6.07) is 11.4. The number of benzene rings is 2. The van der Waals surface area contributed by atoms with Crippen molar-refractivity contribution in [3.63, 3.8) is 0 Å². The van der Waals surface area contributed by atoms with Gasteiger partial charge in [0, 0.05) is 10.2 Å². The Kier molecular flexibility index (Phi) is 6.15. The highest BCUT2D eigenvalue weighted by molar-refractivity contribution is 9.10. The van der Waals surface area contributed by atoms with Gasteiger partial charge in [-0.3, -0.25) is 9.59 Å². The van der Waals surface area contributed by atoms with Crippen LogP contribution in [-0.2, 0) is 20.7 Å². The second-order valence-electron chi connectivity index (χ2n) is 5.79. The van der Waals surface area contributed by atoms with Gasteiger partial charge in [-0.2, -0.15) is 0 Å². The summed E-state index contributed by atoms with van der Waals surface area (Å²) in [5.41, 5.74) is 4.73. The Bertz CT molecular complexity index is 731.